The summed E-state index contributed by atoms with van der Waals surface area (Å²) >= 11 is 0. The van der Waals surface area contributed by atoms with Gasteiger partial charge in [0.1, 0.15) is 24.4 Å². The Morgan fingerprint density at radius 3 is 2.40 bits per heavy atom. The molecule has 2 saturated heterocycles. The van der Waals surface area contributed by atoms with Crippen molar-refractivity contribution in [2.75, 3.05) is 13.7 Å². The molecular formula is C26H31NO8. The molecule has 2 aromatic rings. The Morgan fingerprint density at radius 2 is 1.74 bits per heavy atom. The smallest absolute Gasteiger partial charge is 0.334 e. The number of carbonyl (C=O) groups excluding carboxylic acids is 2. The minimum Gasteiger partial charge on any atom is -0.467 e. The molecule has 2 heterocycles. The lowest BCUT2D eigenvalue weighted by atomic mass is 9.95. The first-order valence-electron chi connectivity index (χ1n) is 11.6. The van der Waals surface area contributed by atoms with E-state index < -0.39 is 49.0 Å². The summed E-state index contributed by atoms with van der Waals surface area (Å²) in [6.45, 7) is 3.47. The zero-order valence-electron chi connectivity index (χ0n) is 20.0. The lowest BCUT2D eigenvalue weighted by Gasteiger charge is -2.49. The first-order chi connectivity index (χ1) is 17.0. The van der Waals surface area contributed by atoms with Crippen LogP contribution in [0.25, 0.3) is 0 Å². The number of hydrogen-bond acceptors (Lipinski definition) is 8. The largest absolute Gasteiger partial charge is 0.467 e. The highest BCUT2D eigenvalue weighted by atomic mass is 16.8. The maximum Gasteiger partial charge on any atom is 0.334 e. The Labute approximate surface area is 204 Å². The van der Waals surface area contributed by atoms with Crippen molar-refractivity contribution in [2.45, 2.75) is 63.5 Å². The average Bonchev–Trinajstić information content (AvgIpc) is 2.89. The molecule has 1 N–H and O–H groups in total. The van der Waals surface area contributed by atoms with E-state index >= 15 is 0 Å². The normalized spacial score (nSPS) is 29.0. The van der Waals surface area contributed by atoms with Crippen LogP contribution in [0, 0.1) is 0 Å². The zero-order chi connectivity index (χ0) is 24.8. The van der Waals surface area contributed by atoms with Crippen LogP contribution in [-0.2, 0) is 44.6 Å². The number of amides is 1. The fourth-order valence-corrected chi connectivity index (χ4v) is 4.25. The lowest BCUT2D eigenvalue weighted by Crippen LogP contribution is -2.68. The van der Waals surface area contributed by atoms with Gasteiger partial charge in [-0.15, -0.1) is 0 Å². The lowest BCUT2D eigenvalue weighted by molar-refractivity contribution is -0.352. The molecule has 0 unspecified atom stereocenters. The molecule has 0 spiro atoms. The number of esters is 1. The van der Waals surface area contributed by atoms with Gasteiger partial charge in [-0.1, -0.05) is 60.7 Å². The predicted molar refractivity (Wildman–Crippen MR) is 124 cm³/mol. The Kier molecular flexibility index (Phi) is 8.48. The number of rotatable bonds is 8. The Hall–Kier alpha value is -2.82. The molecule has 1 amide bonds. The third-order valence-corrected chi connectivity index (χ3v) is 5.93. The van der Waals surface area contributed by atoms with E-state index in [2.05, 4.69) is 5.32 Å². The summed E-state index contributed by atoms with van der Waals surface area (Å²) in [5, 5.41) is 2.88. The van der Waals surface area contributed by atoms with Crippen molar-refractivity contribution in [3.63, 3.8) is 0 Å². The highest BCUT2D eigenvalue weighted by Gasteiger charge is 2.52. The molecule has 0 radical (unpaired) electrons. The summed E-state index contributed by atoms with van der Waals surface area (Å²) in [5.74, 6) is -0.834. The van der Waals surface area contributed by atoms with E-state index in [1.165, 1.54) is 14.0 Å². The molecule has 2 aliphatic rings. The highest BCUT2D eigenvalue weighted by molar-refractivity contribution is 5.74. The van der Waals surface area contributed by atoms with Crippen molar-refractivity contribution in [3.8, 4) is 0 Å². The van der Waals surface area contributed by atoms with Crippen molar-refractivity contribution in [3.05, 3.63) is 71.8 Å². The van der Waals surface area contributed by atoms with Crippen LogP contribution in [0.5, 0.6) is 0 Å². The van der Waals surface area contributed by atoms with Gasteiger partial charge in [-0.25, -0.2) is 4.79 Å². The van der Waals surface area contributed by atoms with E-state index in [1.807, 2.05) is 60.7 Å². The molecule has 2 aromatic carbocycles. The first kappa shape index (κ1) is 25.3. The van der Waals surface area contributed by atoms with Gasteiger partial charge in [0.15, 0.2) is 18.7 Å². The van der Waals surface area contributed by atoms with Gasteiger partial charge >= 0.3 is 5.97 Å². The monoisotopic (exact) mass is 485 g/mol. The molecule has 9 heteroatoms. The van der Waals surface area contributed by atoms with Crippen LogP contribution in [0.2, 0.25) is 0 Å². The molecule has 2 aliphatic heterocycles. The number of methoxy groups -OCH3 is 1. The fourth-order valence-electron chi connectivity index (χ4n) is 4.25. The van der Waals surface area contributed by atoms with Gasteiger partial charge in [-0.2, -0.15) is 0 Å². The second-order valence-corrected chi connectivity index (χ2v) is 8.51. The van der Waals surface area contributed by atoms with Crippen LogP contribution in [-0.4, -0.2) is 62.3 Å². The van der Waals surface area contributed by atoms with E-state index in [9.17, 15) is 9.59 Å². The highest BCUT2D eigenvalue weighted by Crippen LogP contribution is 2.36. The van der Waals surface area contributed by atoms with Gasteiger partial charge in [0.05, 0.1) is 20.3 Å². The first-order valence-corrected chi connectivity index (χ1v) is 11.6. The average molecular weight is 486 g/mol. The van der Waals surface area contributed by atoms with Crippen molar-refractivity contribution in [1.29, 1.82) is 0 Å². The van der Waals surface area contributed by atoms with Gasteiger partial charge < -0.3 is 33.7 Å². The SMILES string of the molecule is COC(=O)[C@@H](C)O[C@@H]1[C@@H](NC(C)=O)[C@@H](OCc2ccccc2)O[C@@H]2CO[C@@H](c3ccccc3)O[C@@H]12. The summed E-state index contributed by atoms with van der Waals surface area (Å²) in [6, 6.07) is 18.4. The summed E-state index contributed by atoms with van der Waals surface area (Å²) in [7, 11) is 1.29. The second-order valence-electron chi connectivity index (χ2n) is 8.51. The molecule has 0 aliphatic carbocycles. The fraction of sp³-hybridized carbons (Fsp3) is 0.462. The van der Waals surface area contributed by atoms with Crippen LogP contribution in [0.15, 0.2) is 60.7 Å². The van der Waals surface area contributed by atoms with Crippen molar-refractivity contribution in [2.24, 2.45) is 0 Å². The number of benzene rings is 2. The molecule has 7 atom stereocenters. The van der Waals surface area contributed by atoms with Crippen LogP contribution >= 0.6 is 0 Å². The summed E-state index contributed by atoms with van der Waals surface area (Å²) < 4.78 is 35.6. The molecule has 188 valence electrons. The van der Waals surface area contributed by atoms with E-state index in [4.69, 9.17) is 28.4 Å². The van der Waals surface area contributed by atoms with Crippen LogP contribution < -0.4 is 5.32 Å². The Bertz CT molecular complexity index is 972. The Balaban J connectivity index is 1.60. The van der Waals surface area contributed by atoms with Gasteiger partial charge in [0.2, 0.25) is 5.91 Å². The minimum atomic E-state index is -0.906. The number of fused-ring (bicyclic) bond motifs is 1. The summed E-state index contributed by atoms with van der Waals surface area (Å²) in [6.07, 6.45) is -4.39. The van der Waals surface area contributed by atoms with Gasteiger partial charge in [-0.3, -0.25) is 4.79 Å². The number of hydrogen-bond donors (Lipinski definition) is 1. The van der Waals surface area contributed by atoms with E-state index in [1.54, 1.807) is 6.92 Å². The maximum atomic E-state index is 12.2. The van der Waals surface area contributed by atoms with Gasteiger partial charge in [0, 0.05) is 12.5 Å². The number of nitrogens with one attached hydrogen (secondary N) is 1. The topological polar surface area (TPSA) is 102 Å². The van der Waals surface area contributed by atoms with Crippen LogP contribution in [0.1, 0.15) is 31.3 Å². The van der Waals surface area contributed by atoms with E-state index in [0.717, 1.165) is 11.1 Å². The molecule has 9 nitrogen and oxygen atoms in total. The third kappa shape index (κ3) is 6.25. The number of carbonyl (C=O) groups is 2. The standard InChI is InChI=1S/C26H31NO8/c1-16(24(29)30-3)33-23-21(27-17(2)28)26(31-14-18-10-6-4-7-11-18)34-20-15-32-25(35-22(20)23)19-12-8-5-9-13-19/h4-13,16,20-23,25-26H,14-15H2,1-3H3,(H,27,28)/t16-,20-,21-,22-,23-,25-,26+/m1/s1. The summed E-state index contributed by atoms with van der Waals surface area (Å²) in [5.41, 5.74) is 1.78. The van der Waals surface area contributed by atoms with Crippen LogP contribution in [0.3, 0.4) is 0 Å². The minimum absolute atomic E-state index is 0.217. The molecule has 0 bridgehead atoms. The predicted octanol–water partition coefficient (Wildman–Crippen LogP) is 2.49. The van der Waals surface area contributed by atoms with Gasteiger partial charge in [0.25, 0.3) is 0 Å². The molecule has 0 saturated carbocycles. The molecule has 0 aromatic heterocycles. The molecule has 35 heavy (non-hydrogen) atoms. The quantitative estimate of drug-likeness (QED) is 0.569. The molecular weight excluding hydrogens is 454 g/mol. The third-order valence-electron chi connectivity index (χ3n) is 5.93. The Morgan fingerprint density at radius 1 is 1.06 bits per heavy atom. The molecule has 4 rings (SSSR count). The summed E-state index contributed by atoms with van der Waals surface area (Å²) in [4.78, 5) is 24.4. The van der Waals surface area contributed by atoms with Crippen molar-refractivity contribution in [1.82, 2.24) is 5.32 Å². The van der Waals surface area contributed by atoms with E-state index in [0.29, 0.717) is 0 Å². The van der Waals surface area contributed by atoms with Crippen molar-refractivity contribution < 1.29 is 38.0 Å². The second kappa shape index (κ2) is 11.7. The van der Waals surface area contributed by atoms with E-state index in [-0.39, 0.29) is 19.1 Å². The molecule has 2 fully saturated rings. The van der Waals surface area contributed by atoms with Crippen LogP contribution in [0.4, 0.5) is 0 Å². The van der Waals surface area contributed by atoms with Gasteiger partial charge in [-0.05, 0) is 12.5 Å². The maximum absolute atomic E-state index is 12.2. The number of ether oxygens (including phenoxy) is 6. The zero-order valence-corrected chi connectivity index (χ0v) is 20.0. The van der Waals surface area contributed by atoms with Crippen molar-refractivity contribution >= 4 is 11.9 Å².